The number of benzene rings is 3. The molecule has 0 fully saturated rings. The fraction of sp³-hybridized carbons (Fsp3) is 0.378. The predicted molar refractivity (Wildman–Crippen MR) is 178 cm³/mol. The molecule has 0 radical (unpaired) electrons. The van der Waals surface area contributed by atoms with Crippen molar-refractivity contribution in [2.45, 2.75) is 64.5 Å². The van der Waals surface area contributed by atoms with Crippen molar-refractivity contribution in [2.24, 2.45) is 0 Å². The van der Waals surface area contributed by atoms with E-state index in [1.807, 2.05) is 18.2 Å². The van der Waals surface area contributed by atoms with Crippen LogP contribution in [0, 0.1) is 0 Å². The number of carboxylic acid groups (broad SMARTS) is 1. The quantitative estimate of drug-likeness (QED) is 0.0903. The largest absolute Gasteiger partial charge is 1.00 e. The molecular formula is C37H38F6N3NaO6. The van der Waals surface area contributed by atoms with Crippen LogP contribution in [0.2, 0.25) is 0 Å². The Morgan fingerprint density at radius 3 is 1.92 bits per heavy atom. The summed E-state index contributed by atoms with van der Waals surface area (Å²) in [6.07, 6.45) is -6.80. The summed E-state index contributed by atoms with van der Waals surface area (Å²) >= 11 is 0. The number of rotatable bonds is 16. The van der Waals surface area contributed by atoms with E-state index in [2.05, 4.69) is 23.8 Å². The number of carbonyl (C=O) groups excluding carboxylic acids is 1. The molecule has 1 aromatic heterocycles. The first-order chi connectivity index (χ1) is 24.6. The SMILES string of the molecule is CCC(C)c1ccc(OC)c(-c2cc(OC)c(OC)cc2CN(Cc2cc(C(F)(F)F)cc(C(F)(F)F)c2)c2ncc(OCCCC(=O)[O-])cn2)c1.[Na+]. The zero-order valence-electron chi connectivity index (χ0n) is 30.2. The molecule has 1 unspecified atom stereocenters. The molecule has 1 atom stereocenters. The second-order valence-corrected chi connectivity index (χ2v) is 11.9. The predicted octanol–water partition coefficient (Wildman–Crippen LogP) is 4.84. The van der Waals surface area contributed by atoms with Crippen molar-refractivity contribution in [3.05, 3.63) is 88.7 Å². The molecule has 4 rings (SSSR count). The molecule has 0 spiro atoms. The number of methoxy groups -OCH3 is 3. The van der Waals surface area contributed by atoms with Crippen LogP contribution >= 0.6 is 0 Å². The van der Waals surface area contributed by atoms with Crippen molar-refractivity contribution in [3.8, 4) is 34.1 Å². The molecule has 3 aromatic carbocycles. The maximum absolute atomic E-state index is 13.8. The van der Waals surface area contributed by atoms with E-state index in [1.165, 1.54) is 38.6 Å². The van der Waals surface area contributed by atoms with E-state index in [0.717, 1.165) is 12.0 Å². The van der Waals surface area contributed by atoms with E-state index < -0.39 is 36.0 Å². The van der Waals surface area contributed by atoms with Gasteiger partial charge in [-0.1, -0.05) is 19.9 Å². The van der Waals surface area contributed by atoms with Crippen LogP contribution in [0.25, 0.3) is 11.1 Å². The standard InChI is InChI=1S/C37H39F6N3O6.Na/c1-6-22(2)24-9-10-31(49-3)30(14-24)29-17-33(51-5)32(50-4)15-25(29)21-46(35-44-18-28(19-45-35)52-11-7-8-34(47)48)20-23-12-26(36(38,39)40)16-27(13-23)37(41,42)43;/h9-10,12-19,22H,6-8,11,20-21H2,1-5H3,(H,47,48);/q;+1/p-1. The number of ether oxygens (including phenoxy) is 4. The second-order valence-electron chi connectivity index (χ2n) is 11.9. The smallest absolute Gasteiger partial charge is 0.550 e. The third kappa shape index (κ3) is 11.4. The second kappa shape index (κ2) is 18.7. The van der Waals surface area contributed by atoms with Gasteiger partial charge in [0.15, 0.2) is 17.2 Å². The third-order valence-electron chi connectivity index (χ3n) is 8.38. The molecule has 0 aliphatic carbocycles. The van der Waals surface area contributed by atoms with Crippen LogP contribution in [0.1, 0.15) is 66.8 Å². The number of halogens is 6. The van der Waals surface area contributed by atoms with Crippen molar-refractivity contribution in [2.75, 3.05) is 32.8 Å². The van der Waals surface area contributed by atoms with Crippen molar-refractivity contribution in [3.63, 3.8) is 0 Å². The molecule has 4 aromatic rings. The molecule has 0 saturated carbocycles. The van der Waals surface area contributed by atoms with E-state index >= 15 is 0 Å². The normalized spacial score (nSPS) is 12.1. The average molecular weight is 758 g/mol. The Morgan fingerprint density at radius 1 is 0.811 bits per heavy atom. The Morgan fingerprint density at radius 2 is 1.40 bits per heavy atom. The molecule has 280 valence electrons. The van der Waals surface area contributed by atoms with Gasteiger partial charge in [-0.15, -0.1) is 0 Å². The summed E-state index contributed by atoms with van der Waals surface area (Å²) in [5.74, 6) is 0.256. The number of nitrogens with zero attached hydrogens (tertiary/aromatic N) is 3. The molecular weight excluding hydrogens is 719 g/mol. The fourth-order valence-corrected chi connectivity index (χ4v) is 5.47. The number of hydrogen-bond donors (Lipinski definition) is 0. The van der Waals surface area contributed by atoms with Gasteiger partial charge in [0.05, 0.1) is 51.5 Å². The van der Waals surface area contributed by atoms with Crippen LogP contribution in [0.4, 0.5) is 32.3 Å². The average Bonchev–Trinajstić information content (AvgIpc) is 3.11. The molecule has 0 aliphatic rings. The molecule has 0 bridgehead atoms. The van der Waals surface area contributed by atoms with Gasteiger partial charge in [0.25, 0.3) is 0 Å². The Bertz CT molecular complexity index is 1810. The number of anilines is 1. The number of aliphatic carboxylic acids is 1. The fourth-order valence-electron chi connectivity index (χ4n) is 5.47. The van der Waals surface area contributed by atoms with Crippen LogP contribution < -0.4 is 58.5 Å². The first kappa shape index (κ1) is 43.2. The van der Waals surface area contributed by atoms with Gasteiger partial charge in [-0.25, -0.2) is 9.97 Å². The molecule has 0 saturated heterocycles. The van der Waals surface area contributed by atoms with Gasteiger partial charge in [0.1, 0.15) is 5.75 Å². The van der Waals surface area contributed by atoms with Gasteiger partial charge in [-0.05, 0) is 89.9 Å². The minimum absolute atomic E-state index is 0. The van der Waals surface area contributed by atoms with Crippen LogP contribution in [0.5, 0.6) is 23.0 Å². The summed E-state index contributed by atoms with van der Waals surface area (Å²) in [7, 11) is 4.40. The molecule has 0 amide bonds. The summed E-state index contributed by atoms with van der Waals surface area (Å²) in [4.78, 5) is 20.8. The topological polar surface area (TPSA) is 106 Å². The molecule has 53 heavy (non-hydrogen) atoms. The summed E-state index contributed by atoms with van der Waals surface area (Å²) in [6, 6.07) is 10.5. The van der Waals surface area contributed by atoms with Gasteiger partial charge < -0.3 is 33.7 Å². The zero-order chi connectivity index (χ0) is 38.2. The summed E-state index contributed by atoms with van der Waals surface area (Å²) in [5.41, 5.74) is -0.418. The van der Waals surface area contributed by atoms with Crippen LogP contribution in [0.15, 0.2) is 60.9 Å². The maximum atomic E-state index is 13.8. The Kier molecular flexibility index (Phi) is 15.2. The summed E-state index contributed by atoms with van der Waals surface area (Å²) in [6.45, 7) is 3.53. The molecule has 0 N–H and O–H groups in total. The number of aromatic nitrogens is 2. The molecule has 9 nitrogen and oxygen atoms in total. The first-order valence-corrected chi connectivity index (χ1v) is 16.2. The summed E-state index contributed by atoms with van der Waals surface area (Å²) < 4.78 is 105. The Labute approximate surface area is 325 Å². The maximum Gasteiger partial charge on any atom is 1.00 e. The first-order valence-electron chi connectivity index (χ1n) is 16.2. The minimum atomic E-state index is -5.05. The van der Waals surface area contributed by atoms with E-state index in [4.69, 9.17) is 18.9 Å². The zero-order valence-corrected chi connectivity index (χ0v) is 32.2. The molecule has 16 heteroatoms. The number of hydrogen-bond acceptors (Lipinski definition) is 9. The summed E-state index contributed by atoms with van der Waals surface area (Å²) in [5, 5.41) is 10.7. The number of carbonyl (C=O) groups is 1. The van der Waals surface area contributed by atoms with Crippen LogP contribution in [0.3, 0.4) is 0 Å². The van der Waals surface area contributed by atoms with Crippen molar-refractivity contribution in [1.82, 2.24) is 9.97 Å². The van der Waals surface area contributed by atoms with Crippen molar-refractivity contribution in [1.29, 1.82) is 0 Å². The van der Waals surface area contributed by atoms with E-state index in [1.54, 1.807) is 12.1 Å². The van der Waals surface area contributed by atoms with Crippen molar-refractivity contribution >= 4 is 11.9 Å². The van der Waals surface area contributed by atoms with Gasteiger partial charge >= 0.3 is 41.9 Å². The minimum Gasteiger partial charge on any atom is -0.550 e. The number of alkyl halides is 6. The van der Waals surface area contributed by atoms with Crippen LogP contribution in [-0.4, -0.2) is 43.9 Å². The Balaban J connectivity index is 0.00000756. The molecule has 1 heterocycles. The third-order valence-corrected chi connectivity index (χ3v) is 8.38. The van der Waals surface area contributed by atoms with Gasteiger partial charge in [0.2, 0.25) is 5.95 Å². The van der Waals surface area contributed by atoms with Gasteiger partial charge in [-0.3, -0.25) is 0 Å². The van der Waals surface area contributed by atoms with Gasteiger partial charge in [-0.2, -0.15) is 26.3 Å². The monoisotopic (exact) mass is 757 g/mol. The van der Waals surface area contributed by atoms with E-state index in [-0.39, 0.29) is 84.8 Å². The van der Waals surface area contributed by atoms with Gasteiger partial charge in [0, 0.05) is 24.6 Å². The van der Waals surface area contributed by atoms with Crippen molar-refractivity contribution < 1.29 is 84.7 Å². The van der Waals surface area contributed by atoms with E-state index in [9.17, 15) is 36.2 Å². The Hall–Kier alpha value is -4.21. The molecule has 0 aliphatic heterocycles. The van der Waals surface area contributed by atoms with E-state index in [0.29, 0.717) is 46.1 Å². The number of carboxylic acids is 1. The van der Waals surface area contributed by atoms with Crippen LogP contribution in [-0.2, 0) is 30.2 Å².